The molecule has 3 nitrogen and oxygen atoms in total. The number of rotatable bonds is 2. The first kappa shape index (κ1) is 10.3. The second-order valence-electron chi connectivity index (χ2n) is 2.70. The third-order valence-electron chi connectivity index (χ3n) is 1.68. The van der Waals surface area contributed by atoms with Crippen molar-refractivity contribution in [2.45, 2.75) is 13.5 Å². The Hall–Kier alpha value is -1.83. The predicted molar refractivity (Wildman–Crippen MR) is 46.9 cm³/mol. The molecule has 0 heterocycles. The number of benzene rings is 1. The maximum Gasteiger partial charge on any atom is 0.387 e. The summed E-state index contributed by atoms with van der Waals surface area (Å²) in [5, 5.41) is 8.59. The average molecular weight is 198 g/mol. The van der Waals surface area contributed by atoms with E-state index in [2.05, 4.69) is 4.74 Å². The molecule has 0 aliphatic carbocycles. The molecule has 5 heteroatoms. The Morgan fingerprint density at radius 3 is 2.64 bits per heavy atom. The van der Waals surface area contributed by atoms with Crippen LogP contribution in [0, 0.1) is 18.3 Å². The van der Waals surface area contributed by atoms with Crippen molar-refractivity contribution in [3.05, 3.63) is 23.3 Å². The van der Waals surface area contributed by atoms with Gasteiger partial charge >= 0.3 is 6.61 Å². The molecule has 0 aliphatic rings. The minimum Gasteiger partial charge on any atom is -0.435 e. The van der Waals surface area contributed by atoms with Crippen molar-refractivity contribution in [1.29, 1.82) is 5.26 Å². The van der Waals surface area contributed by atoms with E-state index in [1.165, 1.54) is 12.1 Å². The predicted octanol–water partition coefficient (Wildman–Crippen LogP) is 2.05. The molecule has 0 aromatic heterocycles. The highest BCUT2D eigenvalue weighted by Gasteiger charge is 2.10. The summed E-state index contributed by atoms with van der Waals surface area (Å²) < 4.78 is 28.0. The van der Waals surface area contributed by atoms with Crippen molar-refractivity contribution in [1.82, 2.24) is 0 Å². The van der Waals surface area contributed by atoms with Crippen LogP contribution in [-0.2, 0) is 0 Å². The molecule has 0 aliphatic heterocycles. The maximum atomic E-state index is 11.9. The molecule has 74 valence electrons. The lowest BCUT2D eigenvalue weighted by atomic mass is 10.1. The highest BCUT2D eigenvalue weighted by molar-refractivity contribution is 5.59. The van der Waals surface area contributed by atoms with E-state index in [1.54, 1.807) is 13.0 Å². The van der Waals surface area contributed by atoms with Gasteiger partial charge in [0.05, 0.1) is 5.56 Å². The van der Waals surface area contributed by atoms with E-state index in [9.17, 15) is 8.78 Å². The Bertz CT molecular complexity index is 385. The van der Waals surface area contributed by atoms with Crippen LogP contribution >= 0.6 is 0 Å². The highest BCUT2D eigenvalue weighted by Crippen LogP contribution is 2.25. The van der Waals surface area contributed by atoms with Gasteiger partial charge < -0.3 is 10.5 Å². The summed E-state index contributed by atoms with van der Waals surface area (Å²) >= 11 is 0. The molecule has 0 atom stereocenters. The van der Waals surface area contributed by atoms with Gasteiger partial charge in [-0.2, -0.15) is 14.0 Å². The Kier molecular flexibility index (Phi) is 2.87. The number of nitrogens with two attached hydrogens (primary N) is 1. The fourth-order valence-corrected chi connectivity index (χ4v) is 1.03. The lowest BCUT2D eigenvalue weighted by molar-refractivity contribution is -0.0502. The number of ether oxygens (including phenoxy) is 1. The van der Waals surface area contributed by atoms with Gasteiger partial charge in [0, 0.05) is 11.8 Å². The highest BCUT2D eigenvalue weighted by atomic mass is 19.3. The molecule has 2 N–H and O–H groups in total. The van der Waals surface area contributed by atoms with Crippen molar-refractivity contribution in [3.8, 4) is 11.8 Å². The van der Waals surface area contributed by atoms with E-state index in [1.807, 2.05) is 0 Å². The lowest BCUT2D eigenvalue weighted by Gasteiger charge is -2.09. The van der Waals surface area contributed by atoms with Crippen LogP contribution in [0.5, 0.6) is 5.75 Å². The molecule has 0 radical (unpaired) electrons. The molecule has 0 unspecified atom stereocenters. The summed E-state index contributed by atoms with van der Waals surface area (Å²) in [6.07, 6.45) is 0. The van der Waals surface area contributed by atoms with Gasteiger partial charge in [-0.1, -0.05) is 0 Å². The molecule has 14 heavy (non-hydrogen) atoms. The topological polar surface area (TPSA) is 59.0 Å². The number of nitrogens with zero attached hydrogens (tertiary/aromatic N) is 1. The molecule has 1 rings (SSSR count). The Morgan fingerprint density at radius 2 is 2.14 bits per heavy atom. The second-order valence-corrected chi connectivity index (χ2v) is 2.70. The third-order valence-corrected chi connectivity index (χ3v) is 1.68. The van der Waals surface area contributed by atoms with Crippen LogP contribution in [0.25, 0.3) is 0 Å². The van der Waals surface area contributed by atoms with Crippen LogP contribution in [0.3, 0.4) is 0 Å². The van der Waals surface area contributed by atoms with Crippen molar-refractivity contribution in [2.75, 3.05) is 5.73 Å². The zero-order chi connectivity index (χ0) is 10.7. The first-order valence-corrected chi connectivity index (χ1v) is 3.79. The first-order valence-electron chi connectivity index (χ1n) is 3.79. The van der Waals surface area contributed by atoms with E-state index in [4.69, 9.17) is 11.0 Å². The number of anilines is 1. The zero-order valence-corrected chi connectivity index (χ0v) is 7.42. The smallest absolute Gasteiger partial charge is 0.387 e. The van der Waals surface area contributed by atoms with Crippen LogP contribution in [-0.4, -0.2) is 6.61 Å². The Balaban J connectivity index is 3.12. The fourth-order valence-electron chi connectivity index (χ4n) is 1.03. The van der Waals surface area contributed by atoms with Crippen molar-refractivity contribution < 1.29 is 13.5 Å². The molecule has 0 saturated carbocycles. The van der Waals surface area contributed by atoms with Gasteiger partial charge in [-0.25, -0.2) is 0 Å². The Morgan fingerprint density at radius 1 is 1.50 bits per heavy atom. The molecular formula is C9H8F2N2O. The summed E-state index contributed by atoms with van der Waals surface area (Å²) in [7, 11) is 0. The molecule has 0 spiro atoms. The van der Waals surface area contributed by atoms with Gasteiger partial charge in [0.2, 0.25) is 0 Å². The maximum absolute atomic E-state index is 11.9. The SMILES string of the molecule is Cc1cc(N)c(C#N)cc1OC(F)F. The van der Waals surface area contributed by atoms with Crippen LogP contribution < -0.4 is 10.5 Å². The number of nitrogen functional groups attached to an aromatic ring is 1. The largest absolute Gasteiger partial charge is 0.435 e. The van der Waals surface area contributed by atoms with Crippen LogP contribution in [0.15, 0.2) is 12.1 Å². The van der Waals surface area contributed by atoms with Gasteiger partial charge in [-0.3, -0.25) is 0 Å². The number of aryl methyl sites for hydroxylation is 1. The minimum absolute atomic E-state index is 0.0225. The number of hydrogen-bond donors (Lipinski definition) is 1. The normalized spacial score (nSPS) is 9.93. The van der Waals surface area contributed by atoms with E-state index >= 15 is 0 Å². The zero-order valence-electron chi connectivity index (χ0n) is 7.42. The van der Waals surface area contributed by atoms with Crippen LogP contribution in [0.2, 0.25) is 0 Å². The number of hydrogen-bond acceptors (Lipinski definition) is 3. The van der Waals surface area contributed by atoms with Crippen molar-refractivity contribution in [2.24, 2.45) is 0 Å². The van der Waals surface area contributed by atoms with Crippen LogP contribution in [0.1, 0.15) is 11.1 Å². The van der Waals surface area contributed by atoms with E-state index in [0.717, 1.165) is 0 Å². The number of alkyl halides is 2. The third kappa shape index (κ3) is 2.10. The molecule has 1 aromatic rings. The average Bonchev–Trinajstić information content (AvgIpc) is 2.09. The number of halogens is 2. The quantitative estimate of drug-likeness (QED) is 0.740. The molecule has 0 saturated heterocycles. The van der Waals surface area contributed by atoms with Gasteiger partial charge in [0.1, 0.15) is 11.8 Å². The molecule has 1 aromatic carbocycles. The second kappa shape index (κ2) is 3.92. The summed E-state index contributed by atoms with van der Waals surface area (Å²) in [5.74, 6) is -0.0225. The van der Waals surface area contributed by atoms with Gasteiger partial charge in [-0.05, 0) is 18.6 Å². The monoisotopic (exact) mass is 198 g/mol. The summed E-state index contributed by atoms with van der Waals surface area (Å²) in [6.45, 7) is -1.32. The van der Waals surface area contributed by atoms with E-state index < -0.39 is 6.61 Å². The number of nitriles is 1. The van der Waals surface area contributed by atoms with Gasteiger partial charge in [0.25, 0.3) is 0 Å². The standard InChI is InChI=1S/C9H8F2N2O/c1-5-2-7(13)6(4-12)3-8(5)14-9(10)11/h2-3,9H,13H2,1H3. The van der Waals surface area contributed by atoms with Crippen molar-refractivity contribution >= 4 is 5.69 Å². The summed E-state index contributed by atoms with van der Waals surface area (Å²) in [5.41, 5.74) is 6.33. The fraction of sp³-hybridized carbons (Fsp3) is 0.222. The molecule has 0 amide bonds. The van der Waals surface area contributed by atoms with Crippen LogP contribution in [0.4, 0.5) is 14.5 Å². The molecule has 0 fully saturated rings. The van der Waals surface area contributed by atoms with Gasteiger partial charge in [0.15, 0.2) is 0 Å². The van der Waals surface area contributed by atoms with Crippen molar-refractivity contribution in [3.63, 3.8) is 0 Å². The Labute approximate surface area is 79.7 Å². The van der Waals surface area contributed by atoms with E-state index in [-0.39, 0.29) is 17.0 Å². The minimum atomic E-state index is -2.90. The summed E-state index contributed by atoms with van der Waals surface area (Å²) in [4.78, 5) is 0. The van der Waals surface area contributed by atoms with Gasteiger partial charge in [-0.15, -0.1) is 0 Å². The molecule has 0 bridgehead atoms. The summed E-state index contributed by atoms with van der Waals surface area (Å²) in [6, 6.07) is 4.42. The van der Waals surface area contributed by atoms with E-state index in [0.29, 0.717) is 5.56 Å². The molecular weight excluding hydrogens is 190 g/mol. The first-order chi connectivity index (χ1) is 6.54. The lowest BCUT2D eigenvalue weighted by Crippen LogP contribution is -2.04.